The molecule has 1 aliphatic heterocycles. The van der Waals surface area contributed by atoms with E-state index in [2.05, 4.69) is 36.9 Å². The Morgan fingerprint density at radius 3 is 2.71 bits per heavy atom. The second-order valence-corrected chi connectivity index (χ2v) is 7.25. The van der Waals surface area contributed by atoms with Crippen LogP contribution in [0.5, 0.6) is 0 Å². The molecule has 1 saturated heterocycles. The minimum Gasteiger partial charge on any atom is -0.368 e. The first kappa shape index (κ1) is 14.9. The number of piperidine rings is 1. The van der Waals surface area contributed by atoms with Crippen LogP contribution in [0.3, 0.4) is 0 Å². The largest absolute Gasteiger partial charge is 0.368 e. The van der Waals surface area contributed by atoms with Gasteiger partial charge in [0.25, 0.3) is 0 Å². The number of hydrogen-bond acceptors (Lipinski definition) is 2. The Morgan fingerprint density at radius 1 is 1.19 bits per heavy atom. The van der Waals surface area contributed by atoms with Gasteiger partial charge in [-0.15, -0.1) is 0 Å². The van der Waals surface area contributed by atoms with Gasteiger partial charge in [-0.25, -0.2) is 0 Å². The first-order valence-electron chi connectivity index (χ1n) is 8.77. The molecule has 116 valence electrons. The zero-order valence-corrected chi connectivity index (χ0v) is 13.6. The molecule has 2 aliphatic rings. The first-order chi connectivity index (χ1) is 10.1. The third-order valence-electron chi connectivity index (χ3n) is 5.37. The normalized spacial score (nSPS) is 27.3. The van der Waals surface area contributed by atoms with Crippen molar-refractivity contribution < 1.29 is 0 Å². The minimum atomic E-state index is 0.243. The summed E-state index contributed by atoms with van der Waals surface area (Å²) in [6.45, 7) is 5.60. The smallest absolute Gasteiger partial charge is 0.0398 e. The fourth-order valence-corrected chi connectivity index (χ4v) is 4.46. The number of anilines is 1. The molecule has 3 rings (SSSR count). The van der Waals surface area contributed by atoms with Crippen LogP contribution in [0.25, 0.3) is 0 Å². The highest BCUT2D eigenvalue weighted by Gasteiger charge is 2.33. The summed E-state index contributed by atoms with van der Waals surface area (Å²) >= 11 is 0. The van der Waals surface area contributed by atoms with Gasteiger partial charge in [0.15, 0.2) is 0 Å². The topological polar surface area (TPSA) is 29.3 Å². The van der Waals surface area contributed by atoms with E-state index in [0.717, 1.165) is 18.4 Å². The fourth-order valence-electron chi connectivity index (χ4n) is 4.46. The highest BCUT2D eigenvalue weighted by Crippen LogP contribution is 2.38. The Balaban J connectivity index is 1.81. The van der Waals surface area contributed by atoms with E-state index in [4.69, 9.17) is 5.73 Å². The third kappa shape index (κ3) is 3.26. The molecule has 3 atom stereocenters. The van der Waals surface area contributed by atoms with E-state index in [1.165, 1.54) is 61.9 Å². The molecule has 0 aromatic heterocycles. The molecule has 0 spiro atoms. The summed E-state index contributed by atoms with van der Waals surface area (Å²) in [7, 11) is 0. The summed E-state index contributed by atoms with van der Waals surface area (Å²) < 4.78 is 0. The van der Waals surface area contributed by atoms with Gasteiger partial charge in [-0.1, -0.05) is 25.0 Å². The molecular weight excluding hydrogens is 256 g/mol. The Bertz CT molecular complexity index is 478. The van der Waals surface area contributed by atoms with Crippen molar-refractivity contribution in [1.29, 1.82) is 0 Å². The van der Waals surface area contributed by atoms with Gasteiger partial charge in [-0.3, -0.25) is 0 Å². The number of fused-ring (bicyclic) bond motifs is 1. The monoisotopic (exact) mass is 286 g/mol. The minimum absolute atomic E-state index is 0.243. The van der Waals surface area contributed by atoms with E-state index in [-0.39, 0.29) is 6.04 Å². The lowest BCUT2D eigenvalue weighted by molar-refractivity contribution is 0.243. The van der Waals surface area contributed by atoms with Crippen LogP contribution in [-0.2, 0) is 6.42 Å². The lowest BCUT2D eigenvalue weighted by Gasteiger charge is -2.46. The second-order valence-electron chi connectivity index (χ2n) is 7.25. The van der Waals surface area contributed by atoms with E-state index < -0.39 is 0 Å². The molecule has 1 aliphatic carbocycles. The summed E-state index contributed by atoms with van der Waals surface area (Å²) in [6.07, 6.45) is 9.49. The number of aryl methyl sites for hydroxylation is 1. The standard InChI is InChI=1S/C19H30N2/c1-14-12-16(13-15(2)20)9-10-18(14)21-11-5-7-17-6-3-4-8-19(17)21/h9-10,12,15,17,19H,3-8,11,13,20H2,1-2H3/t15?,17-,19-/m1/s1. The average Bonchev–Trinajstić information content (AvgIpc) is 2.46. The molecule has 2 N–H and O–H groups in total. The average molecular weight is 286 g/mol. The van der Waals surface area contributed by atoms with Gasteiger partial charge in [-0.2, -0.15) is 0 Å². The van der Waals surface area contributed by atoms with Crippen molar-refractivity contribution >= 4 is 5.69 Å². The molecule has 2 nitrogen and oxygen atoms in total. The molecule has 0 radical (unpaired) electrons. The SMILES string of the molecule is Cc1cc(CC(C)N)ccc1N1CCC[C@H]2CCCC[C@H]21. The van der Waals surface area contributed by atoms with Gasteiger partial charge in [0.05, 0.1) is 0 Å². The van der Waals surface area contributed by atoms with E-state index >= 15 is 0 Å². The van der Waals surface area contributed by atoms with E-state index in [9.17, 15) is 0 Å². The Morgan fingerprint density at radius 2 is 1.95 bits per heavy atom. The van der Waals surface area contributed by atoms with Crippen molar-refractivity contribution in [3.8, 4) is 0 Å². The maximum absolute atomic E-state index is 5.93. The summed E-state index contributed by atoms with van der Waals surface area (Å²) in [4.78, 5) is 2.72. The van der Waals surface area contributed by atoms with Gasteiger partial charge >= 0.3 is 0 Å². The summed E-state index contributed by atoms with van der Waals surface area (Å²) in [6, 6.07) is 8.03. The van der Waals surface area contributed by atoms with Crippen LogP contribution in [0.2, 0.25) is 0 Å². The highest BCUT2D eigenvalue weighted by molar-refractivity contribution is 5.56. The first-order valence-corrected chi connectivity index (χ1v) is 8.77. The zero-order valence-electron chi connectivity index (χ0n) is 13.6. The van der Waals surface area contributed by atoms with Gasteiger partial charge in [0.2, 0.25) is 0 Å². The molecule has 1 aromatic carbocycles. The molecule has 0 bridgehead atoms. The number of hydrogen-bond donors (Lipinski definition) is 1. The molecule has 1 heterocycles. The quantitative estimate of drug-likeness (QED) is 0.908. The second kappa shape index (κ2) is 6.39. The highest BCUT2D eigenvalue weighted by atomic mass is 15.2. The number of nitrogens with two attached hydrogens (primary N) is 1. The van der Waals surface area contributed by atoms with Gasteiger partial charge < -0.3 is 10.6 Å². The van der Waals surface area contributed by atoms with Crippen LogP contribution in [-0.4, -0.2) is 18.6 Å². The Hall–Kier alpha value is -1.02. The molecule has 0 amide bonds. The summed E-state index contributed by atoms with van der Waals surface area (Å²) in [5.41, 5.74) is 10.2. The van der Waals surface area contributed by atoms with Crippen molar-refractivity contribution in [1.82, 2.24) is 0 Å². The van der Waals surface area contributed by atoms with Gasteiger partial charge in [-0.05, 0) is 69.1 Å². The van der Waals surface area contributed by atoms with E-state index in [0.29, 0.717) is 0 Å². The molecule has 2 fully saturated rings. The number of rotatable bonds is 3. The molecule has 2 heteroatoms. The number of benzene rings is 1. The lowest BCUT2D eigenvalue weighted by atomic mass is 9.78. The summed E-state index contributed by atoms with van der Waals surface area (Å²) in [5.74, 6) is 0.940. The fraction of sp³-hybridized carbons (Fsp3) is 0.684. The van der Waals surface area contributed by atoms with Crippen LogP contribution in [0.1, 0.15) is 56.6 Å². The molecule has 21 heavy (non-hydrogen) atoms. The van der Waals surface area contributed by atoms with Crippen molar-refractivity contribution in [2.75, 3.05) is 11.4 Å². The maximum atomic E-state index is 5.93. The Kier molecular flexibility index (Phi) is 4.54. The van der Waals surface area contributed by atoms with E-state index in [1.807, 2.05) is 0 Å². The zero-order chi connectivity index (χ0) is 14.8. The predicted molar refractivity (Wildman–Crippen MR) is 90.9 cm³/mol. The van der Waals surface area contributed by atoms with Crippen LogP contribution < -0.4 is 10.6 Å². The van der Waals surface area contributed by atoms with Gasteiger partial charge in [0, 0.05) is 24.3 Å². The van der Waals surface area contributed by atoms with Gasteiger partial charge in [0.1, 0.15) is 0 Å². The van der Waals surface area contributed by atoms with Crippen LogP contribution >= 0.6 is 0 Å². The molecule has 1 aromatic rings. The summed E-state index contributed by atoms with van der Waals surface area (Å²) in [5, 5.41) is 0. The van der Waals surface area contributed by atoms with Crippen molar-refractivity contribution in [2.24, 2.45) is 11.7 Å². The molecule has 1 saturated carbocycles. The van der Waals surface area contributed by atoms with Crippen molar-refractivity contribution in [3.63, 3.8) is 0 Å². The van der Waals surface area contributed by atoms with Crippen LogP contribution in [0.15, 0.2) is 18.2 Å². The number of nitrogens with zero attached hydrogens (tertiary/aromatic N) is 1. The van der Waals surface area contributed by atoms with Crippen LogP contribution in [0, 0.1) is 12.8 Å². The predicted octanol–water partition coefficient (Wildman–Crippen LogP) is 4.04. The lowest BCUT2D eigenvalue weighted by Crippen LogP contribution is -2.47. The Labute approximate surface area is 129 Å². The van der Waals surface area contributed by atoms with Crippen molar-refractivity contribution in [2.45, 2.75) is 70.9 Å². The molecule has 1 unspecified atom stereocenters. The third-order valence-corrected chi connectivity index (χ3v) is 5.37. The van der Waals surface area contributed by atoms with Crippen molar-refractivity contribution in [3.05, 3.63) is 29.3 Å². The van der Waals surface area contributed by atoms with E-state index in [1.54, 1.807) is 0 Å². The maximum Gasteiger partial charge on any atom is 0.0398 e. The molecular formula is C19H30N2. The van der Waals surface area contributed by atoms with Crippen LogP contribution in [0.4, 0.5) is 5.69 Å².